The average Bonchev–Trinajstić information content (AvgIpc) is 1.84. The fourth-order valence-corrected chi connectivity index (χ4v) is 0.835. The molecule has 0 aliphatic carbocycles. The topological polar surface area (TPSA) is 38.3 Å². The lowest BCUT2D eigenvalue weighted by Gasteiger charge is -2.24. The second kappa shape index (κ2) is 4.28. The van der Waals surface area contributed by atoms with Crippen molar-refractivity contribution in [3.05, 3.63) is 0 Å². The number of carbonyl (C=O) groups excluding carboxylic acids is 1. The molecule has 4 heteroatoms. The number of halogens is 1. The molecule has 0 aromatic heterocycles. The highest BCUT2D eigenvalue weighted by atomic mass is 19.1. The van der Waals surface area contributed by atoms with Crippen molar-refractivity contribution in [3.8, 4) is 0 Å². The van der Waals surface area contributed by atoms with Gasteiger partial charge in [-0.15, -0.1) is 0 Å². The first-order valence-corrected chi connectivity index (χ1v) is 3.80. The van der Waals surface area contributed by atoms with Gasteiger partial charge in [-0.3, -0.25) is 9.18 Å². The first kappa shape index (κ1) is 8.46. The maximum atomic E-state index is 11.6. The molecule has 11 heavy (non-hydrogen) atoms. The van der Waals surface area contributed by atoms with Gasteiger partial charge >= 0.3 is 0 Å². The molecule has 3 nitrogen and oxygen atoms in total. The molecule has 0 spiro atoms. The van der Waals surface area contributed by atoms with Crippen molar-refractivity contribution in [2.24, 2.45) is 0 Å². The summed E-state index contributed by atoms with van der Waals surface area (Å²) in [6.07, 6.45) is 0.912. The summed E-state index contributed by atoms with van der Waals surface area (Å²) in [5.41, 5.74) is 0. The normalized spacial score (nSPS) is 22.5. The Bertz CT molecular complexity index is 136. The number of ether oxygens (including phenoxy) is 1. The van der Waals surface area contributed by atoms with Crippen LogP contribution in [0.1, 0.15) is 12.8 Å². The van der Waals surface area contributed by atoms with E-state index >= 15 is 0 Å². The van der Waals surface area contributed by atoms with Crippen molar-refractivity contribution >= 4 is 5.91 Å². The average molecular weight is 161 g/mol. The van der Waals surface area contributed by atoms with Crippen molar-refractivity contribution in [2.75, 3.05) is 19.8 Å². The van der Waals surface area contributed by atoms with Gasteiger partial charge in [0.25, 0.3) is 0 Å². The van der Waals surface area contributed by atoms with Gasteiger partial charge in [0.2, 0.25) is 5.91 Å². The highest BCUT2D eigenvalue weighted by Crippen LogP contribution is 2.09. The van der Waals surface area contributed by atoms with Gasteiger partial charge in [0, 0.05) is 13.0 Å². The molecule has 1 amide bonds. The maximum Gasteiger partial charge on any atom is 0.249 e. The van der Waals surface area contributed by atoms with Crippen LogP contribution in [0.15, 0.2) is 0 Å². The van der Waals surface area contributed by atoms with Crippen LogP contribution in [-0.2, 0) is 9.53 Å². The SMILES string of the molecule is O=C(NCCCF)C1CCO1. The molecule has 1 saturated heterocycles. The quantitative estimate of drug-likeness (QED) is 0.600. The van der Waals surface area contributed by atoms with Crippen LogP contribution in [0.3, 0.4) is 0 Å². The first-order chi connectivity index (χ1) is 5.34. The van der Waals surface area contributed by atoms with E-state index in [1.807, 2.05) is 0 Å². The fourth-order valence-electron chi connectivity index (χ4n) is 0.835. The van der Waals surface area contributed by atoms with E-state index in [9.17, 15) is 9.18 Å². The molecule has 1 heterocycles. The van der Waals surface area contributed by atoms with Gasteiger partial charge in [-0.25, -0.2) is 0 Å². The van der Waals surface area contributed by atoms with Crippen LogP contribution in [0.4, 0.5) is 4.39 Å². The molecular weight excluding hydrogens is 149 g/mol. The molecule has 0 radical (unpaired) electrons. The standard InChI is InChI=1S/C7H12FNO2/c8-3-1-4-9-7(10)6-2-5-11-6/h6H,1-5H2,(H,9,10). The van der Waals surface area contributed by atoms with Crippen LogP contribution >= 0.6 is 0 Å². The summed E-state index contributed by atoms with van der Waals surface area (Å²) in [4.78, 5) is 10.9. The number of carbonyl (C=O) groups is 1. The molecule has 0 aromatic rings. The molecule has 1 atom stereocenters. The van der Waals surface area contributed by atoms with Crippen molar-refractivity contribution in [2.45, 2.75) is 18.9 Å². The van der Waals surface area contributed by atoms with Crippen molar-refractivity contribution in [1.82, 2.24) is 5.32 Å². The zero-order chi connectivity index (χ0) is 8.10. The minimum absolute atomic E-state index is 0.107. The molecule has 64 valence electrons. The van der Waals surface area contributed by atoms with Gasteiger partial charge in [-0.05, 0) is 6.42 Å². The van der Waals surface area contributed by atoms with E-state index < -0.39 is 0 Å². The highest BCUT2D eigenvalue weighted by molar-refractivity contribution is 5.81. The second-order valence-electron chi connectivity index (χ2n) is 2.48. The number of alkyl halides is 1. The third-order valence-electron chi connectivity index (χ3n) is 1.60. The van der Waals surface area contributed by atoms with Crippen LogP contribution in [0.5, 0.6) is 0 Å². The van der Waals surface area contributed by atoms with Gasteiger partial charge in [0.1, 0.15) is 6.10 Å². The first-order valence-electron chi connectivity index (χ1n) is 3.80. The molecule has 1 rings (SSSR count). The predicted molar refractivity (Wildman–Crippen MR) is 38.0 cm³/mol. The number of amides is 1. The summed E-state index contributed by atoms with van der Waals surface area (Å²) in [6.45, 7) is 0.697. The Labute approximate surface area is 64.9 Å². The summed E-state index contributed by atoms with van der Waals surface area (Å²) in [5, 5.41) is 2.58. The third-order valence-corrected chi connectivity index (χ3v) is 1.60. The Morgan fingerprint density at radius 3 is 2.91 bits per heavy atom. The predicted octanol–water partition coefficient (Wildman–Crippen LogP) is 0.251. The molecular formula is C7H12FNO2. The summed E-state index contributed by atoms with van der Waals surface area (Å²) >= 11 is 0. The van der Waals surface area contributed by atoms with E-state index in [1.54, 1.807) is 0 Å². The molecule has 1 unspecified atom stereocenters. The Morgan fingerprint density at radius 1 is 1.73 bits per heavy atom. The Hall–Kier alpha value is -0.640. The molecule has 1 N–H and O–H groups in total. The smallest absolute Gasteiger partial charge is 0.249 e. The second-order valence-corrected chi connectivity index (χ2v) is 2.48. The van der Waals surface area contributed by atoms with E-state index in [-0.39, 0.29) is 18.7 Å². The lowest BCUT2D eigenvalue weighted by molar-refractivity contribution is -0.144. The number of hydrogen-bond acceptors (Lipinski definition) is 2. The van der Waals surface area contributed by atoms with Gasteiger partial charge < -0.3 is 10.1 Å². The Balaban J connectivity index is 2.01. The third kappa shape index (κ3) is 2.46. The zero-order valence-electron chi connectivity index (χ0n) is 6.31. The number of rotatable bonds is 4. The minimum Gasteiger partial charge on any atom is -0.368 e. The van der Waals surface area contributed by atoms with Gasteiger partial charge in [0.05, 0.1) is 13.3 Å². The molecule has 1 aliphatic rings. The molecule has 0 bridgehead atoms. The molecule has 0 aromatic carbocycles. The van der Waals surface area contributed by atoms with Crippen molar-refractivity contribution < 1.29 is 13.9 Å². The van der Waals surface area contributed by atoms with Gasteiger partial charge in [-0.2, -0.15) is 0 Å². The van der Waals surface area contributed by atoms with E-state index in [0.717, 1.165) is 6.42 Å². The minimum atomic E-state index is -0.383. The highest BCUT2D eigenvalue weighted by Gasteiger charge is 2.25. The number of nitrogens with one attached hydrogen (secondary N) is 1. The summed E-state index contributed by atoms with van der Waals surface area (Å²) in [6, 6.07) is 0. The Kier molecular flexibility index (Phi) is 3.29. The van der Waals surface area contributed by atoms with Gasteiger partial charge in [-0.1, -0.05) is 0 Å². The maximum absolute atomic E-state index is 11.6. The van der Waals surface area contributed by atoms with E-state index in [1.165, 1.54) is 0 Å². The summed E-state index contributed by atoms with van der Waals surface area (Å²) in [5.74, 6) is -0.107. The van der Waals surface area contributed by atoms with Crippen LogP contribution in [0.2, 0.25) is 0 Å². The molecule has 1 aliphatic heterocycles. The van der Waals surface area contributed by atoms with Crippen LogP contribution in [0.25, 0.3) is 0 Å². The monoisotopic (exact) mass is 161 g/mol. The fraction of sp³-hybridized carbons (Fsp3) is 0.857. The molecule has 0 saturated carbocycles. The lowest BCUT2D eigenvalue weighted by atomic mass is 10.2. The zero-order valence-corrected chi connectivity index (χ0v) is 6.31. The van der Waals surface area contributed by atoms with E-state index in [0.29, 0.717) is 19.6 Å². The molecule has 1 fully saturated rings. The van der Waals surface area contributed by atoms with E-state index in [4.69, 9.17) is 4.74 Å². The lowest BCUT2D eigenvalue weighted by Crippen LogP contribution is -2.43. The van der Waals surface area contributed by atoms with Crippen LogP contribution < -0.4 is 5.32 Å². The Morgan fingerprint density at radius 2 is 2.45 bits per heavy atom. The van der Waals surface area contributed by atoms with Crippen LogP contribution in [0, 0.1) is 0 Å². The largest absolute Gasteiger partial charge is 0.368 e. The summed E-state index contributed by atoms with van der Waals surface area (Å²) < 4.78 is 16.5. The summed E-state index contributed by atoms with van der Waals surface area (Å²) in [7, 11) is 0. The van der Waals surface area contributed by atoms with Crippen molar-refractivity contribution in [3.63, 3.8) is 0 Å². The van der Waals surface area contributed by atoms with Crippen molar-refractivity contribution in [1.29, 1.82) is 0 Å². The van der Waals surface area contributed by atoms with Gasteiger partial charge in [0.15, 0.2) is 0 Å². The van der Waals surface area contributed by atoms with E-state index in [2.05, 4.69) is 5.32 Å². The number of hydrogen-bond donors (Lipinski definition) is 1. The van der Waals surface area contributed by atoms with Crippen LogP contribution in [-0.4, -0.2) is 31.8 Å².